The van der Waals surface area contributed by atoms with Gasteiger partial charge in [0.05, 0.1) is 10.6 Å². The summed E-state index contributed by atoms with van der Waals surface area (Å²) in [7, 11) is -5.53. The van der Waals surface area contributed by atoms with Crippen LogP contribution in [0.25, 0.3) is 6.08 Å². The van der Waals surface area contributed by atoms with Gasteiger partial charge < -0.3 is 10.1 Å². The highest BCUT2D eigenvalue weighted by Gasteiger charge is 2.46. The lowest BCUT2D eigenvalue weighted by Crippen LogP contribution is -2.29. The Bertz CT molecular complexity index is 1600. The number of carbonyl (C=O) groups excluding carboxylic acids is 2. The molecule has 3 aromatic carbocycles. The highest BCUT2D eigenvalue weighted by molar-refractivity contribution is 8.18. The number of Topliss-reactive ketones (excluding diaryl/α,β-unsaturated/α-hetero) is 1. The summed E-state index contributed by atoms with van der Waals surface area (Å²) in [5.41, 5.74) is -3.09. The first-order valence-corrected chi connectivity index (χ1v) is 14.5. The van der Waals surface area contributed by atoms with Gasteiger partial charge in [-0.2, -0.15) is 21.6 Å². The second kappa shape index (κ2) is 12.2. The Morgan fingerprint density at radius 3 is 2.24 bits per heavy atom. The first-order valence-electron chi connectivity index (χ1n) is 12.2. The van der Waals surface area contributed by atoms with Crippen molar-refractivity contribution in [2.75, 3.05) is 4.72 Å². The van der Waals surface area contributed by atoms with Gasteiger partial charge in [0.1, 0.15) is 12.4 Å². The zero-order chi connectivity index (χ0) is 29.8. The van der Waals surface area contributed by atoms with Crippen LogP contribution in [0.3, 0.4) is 0 Å². The normalized spacial score (nSPS) is 15.8. The van der Waals surface area contributed by atoms with Crippen LogP contribution in [-0.4, -0.2) is 30.8 Å². The van der Waals surface area contributed by atoms with Crippen molar-refractivity contribution in [2.24, 2.45) is 10.9 Å². The number of nitrogens with one attached hydrogen (secondary N) is 2. The lowest BCUT2D eigenvalue weighted by Gasteiger charge is -2.10. The number of amides is 1. The Morgan fingerprint density at radius 2 is 1.66 bits per heavy atom. The molecule has 0 aromatic heterocycles. The molecule has 0 saturated carbocycles. The molecule has 8 nitrogen and oxygen atoms in total. The molecule has 214 valence electrons. The van der Waals surface area contributed by atoms with Crippen LogP contribution in [0.2, 0.25) is 0 Å². The fourth-order valence-corrected chi connectivity index (χ4v) is 4.90. The van der Waals surface area contributed by atoms with Crippen LogP contribution < -0.4 is 14.8 Å². The van der Waals surface area contributed by atoms with Crippen molar-refractivity contribution >= 4 is 56.1 Å². The Hall–Kier alpha value is -4.10. The summed E-state index contributed by atoms with van der Waals surface area (Å²) in [6.45, 7) is 4.04. The SMILES string of the molecule is CC(C)C(=O)c1ccc(COc2ccc(C=C3SC(=Nc4ccc(NS(=O)(=O)C(F)(F)F)cc4)NC3=O)cc2)cc1. The molecule has 1 saturated heterocycles. The fraction of sp³-hybridized carbons (Fsp3) is 0.179. The first kappa shape index (κ1) is 29.9. The number of benzene rings is 3. The second-order valence-corrected chi connectivity index (χ2v) is 11.9. The van der Waals surface area contributed by atoms with E-state index in [4.69, 9.17) is 4.74 Å². The van der Waals surface area contributed by atoms with Crippen LogP contribution in [0.15, 0.2) is 82.7 Å². The Balaban J connectivity index is 1.34. The summed E-state index contributed by atoms with van der Waals surface area (Å²) < 4.78 is 67.3. The van der Waals surface area contributed by atoms with Crippen LogP contribution in [0.1, 0.15) is 35.3 Å². The monoisotopic (exact) mass is 603 g/mol. The second-order valence-electron chi connectivity index (χ2n) is 9.15. The number of ether oxygens (including phenoxy) is 1. The molecule has 1 aliphatic rings. The Kier molecular flexibility index (Phi) is 8.88. The quantitative estimate of drug-likeness (QED) is 0.221. The van der Waals surface area contributed by atoms with E-state index in [1.54, 1.807) is 42.5 Å². The van der Waals surface area contributed by atoms with Gasteiger partial charge in [0.15, 0.2) is 11.0 Å². The number of thioether (sulfide) groups is 1. The van der Waals surface area contributed by atoms with E-state index in [-0.39, 0.29) is 28.5 Å². The first-order chi connectivity index (χ1) is 19.3. The lowest BCUT2D eigenvalue weighted by atomic mass is 10.0. The Morgan fingerprint density at radius 1 is 1.02 bits per heavy atom. The molecular formula is C28H24F3N3O5S2. The van der Waals surface area contributed by atoms with Gasteiger partial charge in [-0.05, 0) is 65.4 Å². The average molecular weight is 604 g/mol. The summed E-state index contributed by atoms with van der Waals surface area (Å²) in [6, 6.07) is 19.3. The Labute approximate surface area is 238 Å². The number of anilines is 1. The van der Waals surface area contributed by atoms with Crippen LogP contribution in [0.5, 0.6) is 5.75 Å². The predicted molar refractivity (Wildman–Crippen MR) is 152 cm³/mol. The summed E-state index contributed by atoms with van der Waals surface area (Å²) in [4.78, 5) is 29.1. The van der Waals surface area contributed by atoms with Crippen molar-refractivity contribution < 1.29 is 35.9 Å². The van der Waals surface area contributed by atoms with Crippen molar-refractivity contribution in [3.8, 4) is 5.75 Å². The van der Waals surface area contributed by atoms with Crippen molar-refractivity contribution in [3.63, 3.8) is 0 Å². The zero-order valence-corrected chi connectivity index (χ0v) is 23.4. The molecule has 4 rings (SSSR count). The molecule has 2 N–H and O–H groups in total. The minimum Gasteiger partial charge on any atom is -0.489 e. The van der Waals surface area contributed by atoms with Crippen LogP contribution in [-0.2, 0) is 21.4 Å². The van der Waals surface area contributed by atoms with E-state index in [9.17, 15) is 31.2 Å². The maximum atomic E-state index is 12.5. The third-order valence-electron chi connectivity index (χ3n) is 5.65. The van der Waals surface area contributed by atoms with Gasteiger partial charge >= 0.3 is 15.5 Å². The van der Waals surface area contributed by atoms with Gasteiger partial charge in [-0.15, -0.1) is 0 Å². The summed E-state index contributed by atoms with van der Waals surface area (Å²) in [6.07, 6.45) is 1.67. The number of rotatable bonds is 9. The maximum absolute atomic E-state index is 12.5. The third kappa shape index (κ3) is 7.76. The van der Waals surface area contributed by atoms with Crippen molar-refractivity contribution in [1.29, 1.82) is 0 Å². The number of alkyl halides is 3. The van der Waals surface area contributed by atoms with Gasteiger partial charge in [-0.3, -0.25) is 14.3 Å². The summed E-state index contributed by atoms with van der Waals surface area (Å²) in [5, 5.41) is 2.87. The van der Waals surface area contributed by atoms with Crippen LogP contribution >= 0.6 is 11.8 Å². The molecule has 0 atom stereocenters. The molecule has 41 heavy (non-hydrogen) atoms. The average Bonchev–Trinajstić information content (AvgIpc) is 3.26. The van der Waals surface area contributed by atoms with Crippen molar-refractivity contribution in [2.45, 2.75) is 26.0 Å². The largest absolute Gasteiger partial charge is 0.516 e. The van der Waals surface area contributed by atoms with Gasteiger partial charge in [0.25, 0.3) is 5.91 Å². The van der Waals surface area contributed by atoms with E-state index in [1.807, 2.05) is 26.0 Å². The minimum atomic E-state index is -5.53. The number of carbonyl (C=O) groups is 2. The summed E-state index contributed by atoms with van der Waals surface area (Å²) in [5.74, 6) is 0.272. The molecular weight excluding hydrogens is 579 g/mol. The van der Waals surface area contributed by atoms with E-state index >= 15 is 0 Å². The number of aliphatic imine (C=N–C) groups is 1. The molecule has 13 heteroatoms. The molecule has 1 fully saturated rings. The van der Waals surface area contributed by atoms with Crippen molar-refractivity contribution in [1.82, 2.24) is 5.32 Å². The minimum absolute atomic E-state index is 0.0690. The van der Waals surface area contributed by atoms with Crippen LogP contribution in [0.4, 0.5) is 24.5 Å². The molecule has 0 spiro atoms. The van der Waals surface area contributed by atoms with E-state index in [0.717, 1.165) is 35.0 Å². The maximum Gasteiger partial charge on any atom is 0.516 e. The third-order valence-corrected chi connectivity index (χ3v) is 7.68. The number of halogens is 3. The standard InChI is InChI=1S/C28H24F3N3O5S2/c1-17(2)25(35)20-7-3-19(4-8-20)16-39-23-13-5-18(6-14-23)15-24-26(36)33-27(40-24)32-21-9-11-22(12-10-21)34-41(37,38)28(29,30)31/h3-15,17,34H,16H2,1-2H3,(H,32,33,36). The van der Waals surface area contributed by atoms with Gasteiger partial charge in [0.2, 0.25) is 0 Å². The molecule has 1 heterocycles. The van der Waals surface area contributed by atoms with E-state index in [1.165, 1.54) is 16.9 Å². The van der Waals surface area contributed by atoms with Gasteiger partial charge in [-0.25, -0.2) is 4.99 Å². The highest BCUT2D eigenvalue weighted by atomic mass is 32.2. The number of ketones is 1. The fourth-order valence-electron chi connectivity index (χ4n) is 3.49. The van der Waals surface area contributed by atoms with Crippen molar-refractivity contribution in [3.05, 3.63) is 94.4 Å². The van der Waals surface area contributed by atoms with E-state index < -0.39 is 15.5 Å². The highest BCUT2D eigenvalue weighted by Crippen LogP contribution is 2.30. The smallest absolute Gasteiger partial charge is 0.489 e. The molecule has 1 aliphatic heterocycles. The number of amidine groups is 1. The molecule has 1 amide bonds. The number of nitrogens with zero attached hydrogens (tertiary/aromatic N) is 1. The molecule has 3 aromatic rings. The molecule has 0 aliphatic carbocycles. The van der Waals surface area contributed by atoms with Gasteiger partial charge in [0, 0.05) is 17.2 Å². The predicted octanol–water partition coefficient (Wildman–Crippen LogP) is 6.26. The van der Waals surface area contributed by atoms with Crippen LogP contribution in [0, 0.1) is 5.92 Å². The molecule has 0 radical (unpaired) electrons. The topological polar surface area (TPSA) is 114 Å². The van der Waals surface area contributed by atoms with E-state index in [0.29, 0.717) is 28.5 Å². The van der Waals surface area contributed by atoms with Gasteiger partial charge in [-0.1, -0.05) is 50.2 Å². The molecule has 0 bridgehead atoms. The lowest BCUT2D eigenvalue weighted by molar-refractivity contribution is -0.115. The summed E-state index contributed by atoms with van der Waals surface area (Å²) >= 11 is 1.08. The number of hydrogen-bond donors (Lipinski definition) is 2. The number of sulfonamides is 1. The zero-order valence-electron chi connectivity index (χ0n) is 21.7. The molecule has 0 unspecified atom stereocenters. The van der Waals surface area contributed by atoms with E-state index in [2.05, 4.69) is 10.3 Å². The number of hydrogen-bond acceptors (Lipinski definition) is 7.